The summed E-state index contributed by atoms with van der Waals surface area (Å²) in [4.78, 5) is 18.3. The molecule has 37 heavy (non-hydrogen) atoms. The summed E-state index contributed by atoms with van der Waals surface area (Å²) in [5.74, 6) is 2.07. The zero-order valence-electron chi connectivity index (χ0n) is 20.8. The molecule has 0 bridgehead atoms. The molecule has 1 aliphatic rings. The van der Waals surface area contributed by atoms with Crippen LogP contribution in [0.1, 0.15) is 37.4 Å². The molecule has 4 aromatic rings. The number of fused-ring (bicyclic) bond motifs is 1. The summed E-state index contributed by atoms with van der Waals surface area (Å²) >= 11 is 1.61. The number of allylic oxidation sites excluding steroid dienone is 1. The summed E-state index contributed by atoms with van der Waals surface area (Å²) in [7, 11) is 0. The lowest BCUT2D eigenvalue weighted by molar-refractivity contribution is -0.113. The molecule has 1 aliphatic heterocycles. The van der Waals surface area contributed by atoms with Crippen LogP contribution < -0.4 is 15.4 Å². The zero-order chi connectivity index (χ0) is 25.6. The Bertz CT molecular complexity index is 1400. The lowest BCUT2D eigenvalue weighted by atomic mass is 9.95. The number of rotatable bonds is 9. The van der Waals surface area contributed by atoms with Crippen LogP contribution in [0.2, 0.25) is 0 Å². The highest BCUT2D eigenvalue weighted by atomic mass is 32.2. The zero-order valence-corrected chi connectivity index (χ0v) is 21.7. The number of aromatic nitrogens is 3. The second-order valence-electron chi connectivity index (χ2n) is 8.74. The van der Waals surface area contributed by atoms with E-state index in [1.165, 1.54) is 0 Å². The number of amides is 1. The van der Waals surface area contributed by atoms with E-state index in [1.54, 1.807) is 16.4 Å². The van der Waals surface area contributed by atoms with Crippen LogP contribution >= 0.6 is 11.8 Å². The fourth-order valence-corrected chi connectivity index (χ4v) is 4.91. The van der Waals surface area contributed by atoms with E-state index in [9.17, 15) is 4.79 Å². The van der Waals surface area contributed by atoms with Crippen molar-refractivity contribution in [2.45, 2.75) is 38.1 Å². The molecular formula is C29H29N5O2S. The van der Waals surface area contributed by atoms with Gasteiger partial charge in [0.05, 0.1) is 5.57 Å². The standard InChI is InChI=1S/C29H29N5O2S/c1-3-17-37-29-32-28-30-20(2)25(27(35)31-23-14-8-5-9-15-23)26(34(28)33-29)22-13-10-16-24(18-22)36-19-21-11-6-4-7-12-21/h4-16,18,26H,3,17,19H2,1-2H3,(H,31,35)(H,30,32,33). The molecular weight excluding hydrogens is 482 g/mol. The van der Waals surface area contributed by atoms with Gasteiger partial charge in [0, 0.05) is 17.1 Å². The molecule has 0 spiro atoms. The number of nitrogens with zero attached hydrogens (tertiary/aromatic N) is 3. The van der Waals surface area contributed by atoms with Gasteiger partial charge in [0.15, 0.2) is 0 Å². The number of hydrogen-bond acceptors (Lipinski definition) is 6. The molecule has 0 aliphatic carbocycles. The first kappa shape index (κ1) is 24.6. The Kier molecular flexibility index (Phi) is 7.56. The van der Waals surface area contributed by atoms with Crippen LogP contribution in [0.3, 0.4) is 0 Å². The molecule has 1 aromatic heterocycles. The van der Waals surface area contributed by atoms with Gasteiger partial charge in [-0.15, -0.1) is 5.10 Å². The van der Waals surface area contributed by atoms with Crippen molar-refractivity contribution in [3.63, 3.8) is 0 Å². The Balaban J connectivity index is 1.50. The van der Waals surface area contributed by atoms with Crippen molar-refractivity contribution in [1.29, 1.82) is 0 Å². The van der Waals surface area contributed by atoms with E-state index in [0.717, 1.165) is 40.4 Å². The highest BCUT2D eigenvalue weighted by Crippen LogP contribution is 2.37. The third-order valence-electron chi connectivity index (χ3n) is 5.97. The Morgan fingerprint density at radius 3 is 2.57 bits per heavy atom. The maximum atomic E-state index is 13.6. The van der Waals surface area contributed by atoms with Crippen LogP contribution in [-0.4, -0.2) is 26.4 Å². The lowest BCUT2D eigenvalue weighted by Crippen LogP contribution is -2.31. The van der Waals surface area contributed by atoms with Crippen LogP contribution in [0.5, 0.6) is 5.75 Å². The quantitative estimate of drug-likeness (QED) is 0.257. The third kappa shape index (κ3) is 5.70. The minimum Gasteiger partial charge on any atom is -0.489 e. The smallest absolute Gasteiger partial charge is 0.255 e. The number of ether oxygens (including phenoxy) is 1. The van der Waals surface area contributed by atoms with E-state index in [4.69, 9.17) is 14.8 Å². The largest absolute Gasteiger partial charge is 0.489 e. The first-order valence-corrected chi connectivity index (χ1v) is 13.3. The van der Waals surface area contributed by atoms with E-state index in [1.807, 2.05) is 91.9 Å². The molecule has 2 N–H and O–H groups in total. The summed E-state index contributed by atoms with van der Waals surface area (Å²) in [5.41, 5.74) is 4.02. The fourth-order valence-electron chi connectivity index (χ4n) is 4.22. The van der Waals surface area contributed by atoms with E-state index < -0.39 is 6.04 Å². The number of benzene rings is 3. The summed E-state index contributed by atoms with van der Waals surface area (Å²) in [6, 6.07) is 26.9. The van der Waals surface area contributed by atoms with Crippen molar-refractivity contribution >= 4 is 29.3 Å². The normalized spacial score (nSPS) is 14.6. The average Bonchev–Trinajstić information content (AvgIpc) is 3.33. The molecule has 0 fully saturated rings. The van der Waals surface area contributed by atoms with Gasteiger partial charge in [0.2, 0.25) is 11.1 Å². The van der Waals surface area contributed by atoms with Crippen molar-refractivity contribution in [2.75, 3.05) is 16.4 Å². The highest BCUT2D eigenvalue weighted by Gasteiger charge is 2.34. The minimum absolute atomic E-state index is 0.194. The monoisotopic (exact) mass is 511 g/mol. The predicted molar refractivity (Wildman–Crippen MR) is 148 cm³/mol. The van der Waals surface area contributed by atoms with E-state index in [-0.39, 0.29) is 5.91 Å². The van der Waals surface area contributed by atoms with Crippen LogP contribution in [0.4, 0.5) is 11.6 Å². The summed E-state index contributed by atoms with van der Waals surface area (Å²) < 4.78 is 7.91. The number of para-hydroxylation sites is 1. The molecule has 0 radical (unpaired) electrons. The molecule has 8 heteroatoms. The Morgan fingerprint density at radius 1 is 1.05 bits per heavy atom. The topological polar surface area (TPSA) is 81.1 Å². The van der Waals surface area contributed by atoms with Crippen molar-refractivity contribution in [1.82, 2.24) is 14.8 Å². The number of nitrogens with one attached hydrogen (secondary N) is 2. The number of carbonyl (C=O) groups excluding carboxylic acids is 1. The van der Waals surface area contributed by atoms with Gasteiger partial charge in [0.25, 0.3) is 5.91 Å². The van der Waals surface area contributed by atoms with Crippen LogP contribution in [0.15, 0.2) is 101 Å². The number of anilines is 2. The van der Waals surface area contributed by atoms with E-state index in [2.05, 4.69) is 17.6 Å². The van der Waals surface area contributed by atoms with Crippen molar-refractivity contribution in [3.05, 3.63) is 107 Å². The fraction of sp³-hybridized carbons (Fsp3) is 0.207. The van der Waals surface area contributed by atoms with Gasteiger partial charge in [-0.1, -0.05) is 79.3 Å². The van der Waals surface area contributed by atoms with E-state index >= 15 is 0 Å². The molecule has 7 nitrogen and oxygen atoms in total. The average molecular weight is 512 g/mol. The number of carbonyl (C=O) groups is 1. The van der Waals surface area contributed by atoms with Crippen LogP contribution in [-0.2, 0) is 11.4 Å². The Labute approximate surface area is 221 Å². The number of hydrogen-bond donors (Lipinski definition) is 2. The Morgan fingerprint density at radius 2 is 1.81 bits per heavy atom. The SMILES string of the molecule is CCCSc1nc2n(n1)C(c1cccc(OCc3ccccc3)c1)C(C(=O)Nc1ccccc1)=C(C)N2. The second-order valence-corrected chi connectivity index (χ2v) is 9.81. The van der Waals surface area contributed by atoms with Gasteiger partial charge in [-0.2, -0.15) is 4.98 Å². The van der Waals surface area contributed by atoms with Crippen LogP contribution in [0.25, 0.3) is 0 Å². The minimum atomic E-state index is -0.469. The lowest BCUT2D eigenvalue weighted by Gasteiger charge is -2.29. The van der Waals surface area contributed by atoms with Gasteiger partial charge >= 0.3 is 0 Å². The molecule has 0 saturated carbocycles. The van der Waals surface area contributed by atoms with Crippen LogP contribution in [0, 0.1) is 0 Å². The summed E-state index contributed by atoms with van der Waals surface area (Å²) in [5, 5.41) is 11.8. The van der Waals surface area contributed by atoms with Gasteiger partial charge in [-0.05, 0) is 48.7 Å². The Hall–Kier alpha value is -4.04. The first-order valence-electron chi connectivity index (χ1n) is 12.3. The van der Waals surface area contributed by atoms with Gasteiger partial charge in [-0.3, -0.25) is 4.79 Å². The molecule has 1 unspecified atom stereocenters. The van der Waals surface area contributed by atoms with Crippen molar-refractivity contribution in [3.8, 4) is 5.75 Å². The third-order valence-corrected chi connectivity index (χ3v) is 7.01. The van der Waals surface area contributed by atoms with Gasteiger partial charge < -0.3 is 15.4 Å². The molecule has 2 heterocycles. The second kappa shape index (κ2) is 11.3. The number of thioether (sulfide) groups is 1. The maximum absolute atomic E-state index is 13.6. The summed E-state index contributed by atoms with van der Waals surface area (Å²) in [6.07, 6.45) is 1.02. The highest BCUT2D eigenvalue weighted by molar-refractivity contribution is 7.99. The van der Waals surface area contributed by atoms with Crippen molar-refractivity contribution < 1.29 is 9.53 Å². The molecule has 0 saturated heterocycles. The summed E-state index contributed by atoms with van der Waals surface area (Å²) in [6.45, 7) is 4.49. The van der Waals surface area contributed by atoms with Gasteiger partial charge in [0.1, 0.15) is 18.4 Å². The first-order chi connectivity index (χ1) is 18.1. The van der Waals surface area contributed by atoms with Crippen molar-refractivity contribution in [2.24, 2.45) is 0 Å². The maximum Gasteiger partial charge on any atom is 0.255 e. The molecule has 188 valence electrons. The molecule has 3 aromatic carbocycles. The molecule has 5 rings (SSSR count). The predicted octanol–water partition coefficient (Wildman–Crippen LogP) is 6.29. The molecule has 1 amide bonds. The molecule has 1 atom stereocenters. The van der Waals surface area contributed by atoms with Gasteiger partial charge in [-0.25, -0.2) is 4.68 Å². The van der Waals surface area contributed by atoms with E-state index in [0.29, 0.717) is 23.3 Å².